The van der Waals surface area contributed by atoms with Gasteiger partial charge in [-0.1, -0.05) is 18.2 Å². The van der Waals surface area contributed by atoms with E-state index in [1.54, 1.807) is 13.2 Å². The average molecular weight is 367 g/mol. The van der Waals surface area contributed by atoms with Crippen LogP contribution in [0, 0.1) is 12.8 Å². The molecule has 0 saturated heterocycles. The number of aryl methyl sites for hydroxylation is 1. The summed E-state index contributed by atoms with van der Waals surface area (Å²) in [6.45, 7) is 3.36. The number of methoxy groups -OCH3 is 1. The molecular formula is C21H25N3O3. The number of hydrogen-bond acceptors (Lipinski definition) is 3. The Kier molecular flexibility index (Phi) is 5.64. The van der Waals surface area contributed by atoms with E-state index >= 15 is 0 Å². The van der Waals surface area contributed by atoms with E-state index in [0.717, 1.165) is 29.7 Å². The second-order valence-corrected chi connectivity index (χ2v) is 6.90. The number of urea groups is 1. The van der Waals surface area contributed by atoms with Crippen molar-refractivity contribution in [3.05, 3.63) is 53.6 Å². The van der Waals surface area contributed by atoms with Crippen molar-refractivity contribution in [2.45, 2.75) is 32.7 Å². The molecule has 1 fully saturated rings. The summed E-state index contributed by atoms with van der Waals surface area (Å²) >= 11 is 0. The summed E-state index contributed by atoms with van der Waals surface area (Å²) < 4.78 is 5.21. The van der Waals surface area contributed by atoms with Crippen LogP contribution in [-0.4, -0.2) is 19.0 Å². The molecule has 0 aromatic heterocycles. The van der Waals surface area contributed by atoms with Gasteiger partial charge in [-0.05, 0) is 61.1 Å². The molecule has 2 aromatic carbocycles. The first kappa shape index (κ1) is 18.8. The maximum Gasteiger partial charge on any atom is 0.319 e. The lowest BCUT2D eigenvalue weighted by molar-refractivity contribution is -0.114. The topological polar surface area (TPSA) is 79.5 Å². The standard InChI is InChI=1S/C21H25N3O3/c1-13-4-9-17(22-14(2)25)12-19(13)23-21(26)24-20(15-5-6-15)16-7-10-18(27-3)11-8-16/h4,7-12,15,20H,5-6H2,1-3H3,(H,22,25)(H2,23,24,26). The second-order valence-electron chi connectivity index (χ2n) is 6.90. The zero-order valence-corrected chi connectivity index (χ0v) is 15.8. The van der Waals surface area contributed by atoms with Gasteiger partial charge in [0.05, 0.1) is 13.2 Å². The molecule has 1 unspecified atom stereocenters. The van der Waals surface area contributed by atoms with Gasteiger partial charge in [-0.3, -0.25) is 4.79 Å². The molecule has 0 spiro atoms. The minimum Gasteiger partial charge on any atom is -0.497 e. The van der Waals surface area contributed by atoms with Crippen LogP contribution in [0.15, 0.2) is 42.5 Å². The van der Waals surface area contributed by atoms with Gasteiger partial charge in [-0.2, -0.15) is 0 Å². The van der Waals surface area contributed by atoms with Crippen molar-refractivity contribution in [2.24, 2.45) is 5.92 Å². The van der Waals surface area contributed by atoms with Gasteiger partial charge < -0.3 is 20.7 Å². The molecule has 1 saturated carbocycles. The van der Waals surface area contributed by atoms with Crippen LogP contribution in [0.2, 0.25) is 0 Å². The molecule has 3 rings (SSSR count). The average Bonchev–Trinajstić information content (AvgIpc) is 3.47. The van der Waals surface area contributed by atoms with E-state index in [0.29, 0.717) is 17.3 Å². The summed E-state index contributed by atoms with van der Waals surface area (Å²) in [5.41, 5.74) is 3.31. The monoisotopic (exact) mass is 367 g/mol. The van der Waals surface area contributed by atoms with Crippen molar-refractivity contribution in [3.8, 4) is 5.75 Å². The van der Waals surface area contributed by atoms with Crippen LogP contribution in [0.3, 0.4) is 0 Å². The van der Waals surface area contributed by atoms with Crippen molar-refractivity contribution < 1.29 is 14.3 Å². The highest BCUT2D eigenvalue weighted by Gasteiger charge is 2.33. The van der Waals surface area contributed by atoms with E-state index in [4.69, 9.17) is 4.74 Å². The number of carbonyl (C=O) groups excluding carboxylic acids is 2. The fourth-order valence-corrected chi connectivity index (χ4v) is 3.05. The van der Waals surface area contributed by atoms with Gasteiger partial charge in [0.15, 0.2) is 0 Å². The summed E-state index contributed by atoms with van der Waals surface area (Å²) in [6.07, 6.45) is 2.21. The van der Waals surface area contributed by atoms with E-state index in [1.807, 2.05) is 43.3 Å². The predicted octanol–water partition coefficient (Wildman–Crippen LogP) is 4.23. The highest BCUT2D eigenvalue weighted by molar-refractivity contribution is 5.93. The van der Waals surface area contributed by atoms with Gasteiger partial charge in [0.2, 0.25) is 5.91 Å². The summed E-state index contributed by atoms with van der Waals surface area (Å²) in [4.78, 5) is 23.8. The Morgan fingerprint density at radius 3 is 2.37 bits per heavy atom. The van der Waals surface area contributed by atoms with Crippen molar-refractivity contribution >= 4 is 23.3 Å². The Hall–Kier alpha value is -3.02. The summed E-state index contributed by atoms with van der Waals surface area (Å²) in [5.74, 6) is 1.10. The minimum atomic E-state index is -0.259. The number of ether oxygens (including phenoxy) is 1. The van der Waals surface area contributed by atoms with Gasteiger partial charge in [0, 0.05) is 18.3 Å². The van der Waals surface area contributed by atoms with E-state index in [-0.39, 0.29) is 18.0 Å². The third-order valence-corrected chi connectivity index (χ3v) is 4.66. The van der Waals surface area contributed by atoms with Crippen LogP contribution in [0.4, 0.5) is 16.2 Å². The van der Waals surface area contributed by atoms with Crippen molar-refractivity contribution in [1.82, 2.24) is 5.32 Å². The molecule has 3 N–H and O–H groups in total. The highest BCUT2D eigenvalue weighted by Crippen LogP contribution is 2.41. The van der Waals surface area contributed by atoms with Crippen molar-refractivity contribution in [1.29, 1.82) is 0 Å². The molecule has 0 radical (unpaired) electrons. The SMILES string of the molecule is COc1ccc(C(NC(=O)Nc2cc(NC(C)=O)ccc2C)C2CC2)cc1. The summed E-state index contributed by atoms with van der Waals surface area (Å²) in [5, 5.41) is 8.72. The lowest BCUT2D eigenvalue weighted by Gasteiger charge is -2.20. The number of hydrogen-bond donors (Lipinski definition) is 3. The molecule has 27 heavy (non-hydrogen) atoms. The molecule has 0 bridgehead atoms. The molecule has 1 aliphatic rings. The van der Waals surface area contributed by atoms with Crippen LogP contribution in [0.5, 0.6) is 5.75 Å². The first-order valence-corrected chi connectivity index (χ1v) is 9.06. The van der Waals surface area contributed by atoms with E-state index in [2.05, 4.69) is 16.0 Å². The third kappa shape index (κ3) is 5.00. The van der Waals surface area contributed by atoms with E-state index < -0.39 is 0 Å². The summed E-state index contributed by atoms with van der Waals surface area (Å²) in [7, 11) is 1.64. The summed E-state index contributed by atoms with van der Waals surface area (Å²) in [6, 6.07) is 12.9. The number of carbonyl (C=O) groups is 2. The molecular weight excluding hydrogens is 342 g/mol. The molecule has 6 nitrogen and oxygen atoms in total. The first-order chi connectivity index (χ1) is 13.0. The van der Waals surface area contributed by atoms with Gasteiger partial charge in [0.25, 0.3) is 0 Å². The van der Waals surface area contributed by atoms with Crippen LogP contribution >= 0.6 is 0 Å². The smallest absolute Gasteiger partial charge is 0.319 e. The van der Waals surface area contributed by atoms with Crippen LogP contribution < -0.4 is 20.7 Å². The van der Waals surface area contributed by atoms with Crippen LogP contribution in [-0.2, 0) is 4.79 Å². The zero-order valence-electron chi connectivity index (χ0n) is 15.8. The quantitative estimate of drug-likeness (QED) is 0.715. The number of amides is 3. The fraction of sp³-hybridized carbons (Fsp3) is 0.333. The first-order valence-electron chi connectivity index (χ1n) is 9.06. The Balaban J connectivity index is 1.70. The Morgan fingerprint density at radius 2 is 1.78 bits per heavy atom. The highest BCUT2D eigenvalue weighted by atomic mass is 16.5. The lowest BCUT2D eigenvalue weighted by Crippen LogP contribution is -2.33. The van der Waals surface area contributed by atoms with Gasteiger partial charge in [-0.25, -0.2) is 4.79 Å². The maximum absolute atomic E-state index is 12.6. The van der Waals surface area contributed by atoms with Crippen LogP contribution in [0.25, 0.3) is 0 Å². The molecule has 0 heterocycles. The van der Waals surface area contributed by atoms with Crippen molar-refractivity contribution in [2.75, 3.05) is 17.7 Å². The largest absolute Gasteiger partial charge is 0.497 e. The minimum absolute atomic E-state index is 0.0326. The Bertz CT molecular complexity index is 829. The number of nitrogens with one attached hydrogen (secondary N) is 3. The molecule has 1 aliphatic carbocycles. The maximum atomic E-state index is 12.6. The van der Waals surface area contributed by atoms with Crippen LogP contribution in [0.1, 0.15) is 36.9 Å². The predicted molar refractivity (Wildman–Crippen MR) is 106 cm³/mol. The van der Waals surface area contributed by atoms with E-state index in [1.165, 1.54) is 6.92 Å². The Morgan fingerprint density at radius 1 is 1.07 bits per heavy atom. The van der Waals surface area contributed by atoms with Gasteiger partial charge >= 0.3 is 6.03 Å². The second kappa shape index (κ2) is 8.12. The van der Waals surface area contributed by atoms with Gasteiger partial charge in [-0.15, -0.1) is 0 Å². The molecule has 3 amide bonds. The normalized spacial score (nSPS) is 14.2. The molecule has 1 atom stereocenters. The number of rotatable bonds is 6. The molecule has 142 valence electrons. The molecule has 6 heteroatoms. The third-order valence-electron chi connectivity index (χ3n) is 4.66. The zero-order chi connectivity index (χ0) is 19.4. The van der Waals surface area contributed by atoms with Crippen molar-refractivity contribution in [3.63, 3.8) is 0 Å². The Labute approximate surface area is 159 Å². The number of benzene rings is 2. The lowest BCUT2D eigenvalue weighted by atomic mass is 10.0. The van der Waals surface area contributed by atoms with E-state index in [9.17, 15) is 9.59 Å². The molecule has 0 aliphatic heterocycles. The fourth-order valence-electron chi connectivity index (χ4n) is 3.05. The molecule has 2 aromatic rings. The number of anilines is 2. The van der Waals surface area contributed by atoms with Gasteiger partial charge in [0.1, 0.15) is 5.75 Å².